The molecule has 0 spiro atoms. The van der Waals surface area contributed by atoms with Crippen LogP contribution in [0, 0.1) is 17.0 Å². The van der Waals surface area contributed by atoms with Crippen LogP contribution in [-0.2, 0) is 14.3 Å². The molecule has 0 saturated heterocycles. The zero-order chi connectivity index (χ0) is 15.8. The van der Waals surface area contributed by atoms with Crippen LogP contribution >= 0.6 is 11.8 Å². The summed E-state index contributed by atoms with van der Waals surface area (Å²) in [4.78, 5) is 32.7. The summed E-state index contributed by atoms with van der Waals surface area (Å²) in [6, 6.07) is 4.25. The fraction of sp³-hybridized carbons (Fsp3) is 0.385. The highest BCUT2D eigenvalue weighted by atomic mass is 32.2. The fourth-order valence-corrected chi connectivity index (χ4v) is 2.22. The molecule has 7 nitrogen and oxygen atoms in total. The molecule has 0 saturated carbocycles. The number of nitrogens with one attached hydrogen (secondary N) is 1. The van der Waals surface area contributed by atoms with E-state index in [1.165, 1.54) is 37.1 Å². The van der Waals surface area contributed by atoms with Gasteiger partial charge in [-0.1, -0.05) is 0 Å². The maximum atomic E-state index is 11.7. The van der Waals surface area contributed by atoms with Crippen molar-refractivity contribution in [3.8, 4) is 0 Å². The molecule has 1 N–H and O–H groups in total. The molecule has 0 aromatic heterocycles. The SMILES string of the molecule is COC(=O)CCSCC(=O)Nc1ccc([N+](=O)[O-])cc1C. The van der Waals surface area contributed by atoms with Gasteiger partial charge < -0.3 is 10.1 Å². The summed E-state index contributed by atoms with van der Waals surface area (Å²) < 4.78 is 4.49. The Hall–Kier alpha value is -2.09. The number of methoxy groups -OCH3 is 1. The smallest absolute Gasteiger partial charge is 0.306 e. The Labute approximate surface area is 126 Å². The first-order valence-corrected chi connectivity index (χ1v) is 7.29. The number of nitro benzene ring substituents is 1. The average Bonchev–Trinajstić information content (AvgIpc) is 2.45. The number of carbonyl (C=O) groups is 2. The number of aryl methyl sites for hydroxylation is 1. The predicted octanol–water partition coefficient (Wildman–Crippen LogP) is 2.14. The summed E-state index contributed by atoms with van der Waals surface area (Å²) in [6.07, 6.45) is 0.255. The van der Waals surface area contributed by atoms with E-state index < -0.39 is 4.92 Å². The Morgan fingerprint density at radius 3 is 2.71 bits per heavy atom. The van der Waals surface area contributed by atoms with Crippen LogP contribution in [0.25, 0.3) is 0 Å². The molecule has 0 aliphatic heterocycles. The van der Waals surface area contributed by atoms with Crippen molar-refractivity contribution in [2.75, 3.05) is 23.9 Å². The summed E-state index contributed by atoms with van der Waals surface area (Å²) in [5.41, 5.74) is 1.15. The Morgan fingerprint density at radius 2 is 2.14 bits per heavy atom. The molecule has 8 heteroatoms. The number of anilines is 1. The minimum absolute atomic E-state index is 0.0158. The molecule has 114 valence electrons. The molecule has 0 aliphatic carbocycles. The largest absolute Gasteiger partial charge is 0.469 e. The van der Waals surface area contributed by atoms with Crippen LogP contribution in [0.2, 0.25) is 0 Å². The van der Waals surface area contributed by atoms with Gasteiger partial charge in [-0.25, -0.2) is 0 Å². The summed E-state index contributed by atoms with van der Waals surface area (Å²) in [6.45, 7) is 1.69. The van der Waals surface area contributed by atoms with Crippen LogP contribution < -0.4 is 5.32 Å². The molecule has 0 fully saturated rings. The van der Waals surface area contributed by atoms with E-state index in [-0.39, 0.29) is 29.7 Å². The quantitative estimate of drug-likeness (QED) is 0.358. The number of hydrogen-bond acceptors (Lipinski definition) is 6. The molecule has 1 amide bonds. The summed E-state index contributed by atoms with van der Waals surface area (Å²) in [5, 5.41) is 13.3. The lowest BCUT2D eigenvalue weighted by Gasteiger charge is -2.08. The molecular weight excluding hydrogens is 296 g/mol. The van der Waals surface area contributed by atoms with Crippen molar-refractivity contribution in [2.24, 2.45) is 0 Å². The van der Waals surface area contributed by atoms with Crippen LogP contribution in [0.3, 0.4) is 0 Å². The number of nitrogens with zero attached hydrogens (tertiary/aromatic N) is 1. The Bertz CT molecular complexity index is 547. The number of nitro groups is 1. The first-order chi connectivity index (χ1) is 9.93. The van der Waals surface area contributed by atoms with E-state index in [1.54, 1.807) is 6.92 Å². The van der Waals surface area contributed by atoms with Crippen LogP contribution in [-0.4, -0.2) is 35.4 Å². The molecule has 1 aromatic carbocycles. The molecule has 0 bridgehead atoms. The van der Waals surface area contributed by atoms with E-state index >= 15 is 0 Å². The Morgan fingerprint density at radius 1 is 1.43 bits per heavy atom. The van der Waals surface area contributed by atoms with Gasteiger partial charge in [-0.2, -0.15) is 11.8 Å². The molecule has 1 aromatic rings. The second kappa shape index (κ2) is 8.25. The summed E-state index contributed by atoms with van der Waals surface area (Å²) in [7, 11) is 1.32. The van der Waals surface area contributed by atoms with E-state index in [2.05, 4.69) is 10.1 Å². The third-order valence-electron chi connectivity index (χ3n) is 2.61. The van der Waals surface area contributed by atoms with Crippen LogP contribution in [0.1, 0.15) is 12.0 Å². The molecule has 0 radical (unpaired) electrons. The molecule has 0 heterocycles. The van der Waals surface area contributed by atoms with Gasteiger partial charge in [0.25, 0.3) is 5.69 Å². The Kier molecular flexibility index (Phi) is 6.67. The van der Waals surface area contributed by atoms with Crippen molar-refractivity contribution in [1.82, 2.24) is 0 Å². The number of benzene rings is 1. The number of rotatable bonds is 7. The maximum absolute atomic E-state index is 11.7. The zero-order valence-electron chi connectivity index (χ0n) is 11.8. The lowest BCUT2D eigenvalue weighted by Crippen LogP contribution is -2.15. The van der Waals surface area contributed by atoms with E-state index in [4.69, 9.17) is 0 Å². The fourth-order valence-electron chi connectivity index (χ4n) is 1.51. The number of non-ortho nitro benzene ring substituents is 1. The lowest BCUT2D eigenvalue weighted by molar-refractivity contribution is -0.384. The molecule has 1 rings (SSSR count). The van der Waals surface area contributed by atoms with Gasteiger partial charge in [-0.15, -0.1) is 0 Å². The number of amides is 1. The van der Waals surface area contributed by atoms with Crippen LogP contribution in [0.15, 0.2) is 18.2 Å². The van der Waals surface area contributed by atoms with Crippen molar-refractivity contribution in [3.05, 3.63) is 33.9 Å². The van der Waals surface area contributed by atoms with Gasteiger partial charge in [0, 0.05) is 23.6 Å². The summed E-state index contributed by atoms with van der Waals surface area (Å²) in [5.74, 6) is 0.170. The monoisotopic (exact) mass is 312 g/mol. The highest BCUT2D eigenvalue weighted by Crippen LogP contribution is 2.21. The van der Waals surface area contributed by atoms with Crippen molar-refractivity contribution < 1.29 is 19.2 Å². The number of esters is 1. The normalized spacial score (nSPS) is 10.0. The lowest BCUT2D eigenvalue weighted by atomic mass is 10.2. The van der Waals surface area contributed by atoms with Crippen molar-refractivity contribution >= 4 is 35.0 Å². The number of hydrogen-bond donors (Lipinski definition) is 1. The Balaban J connectivity index is 2.44. The first-order valence-electron chi connectivity index (χ1n) is 6.13. The van der Waals surface area contributed by atoms with E-state index in [0.717, 1.165) is 0 Å². The van der Waals surface area contributed by atoms with Gasteiger partial charge in [0.2, 0.25) is 5.91 Å². The third-order valence-corrected chi connectivity index (χ3v) is 3.57. The number of ether oxygens (including phenoxy) is 1. The second-order valence-electron chi connectivity index (χ2n) is 4.18. The van der Waals surface area contributed by atoms with Crippen molar-refractivity contribution in [1.29, 1.82) is 0 Å². The van der Waals surface area contributed by atoms with Gasteiger partial charge in [0.15, 0.2) is 0 Å². The standard InChI is InChI=1S/C13H16N2O5S/c1-9-7-10(15(18)19)3-4-11(9)14-12(16)8-21-6-5-13(17)20-2/h3-4,7H,5-6,8H2,1-2H3,(H,14,16). The highest BCUT2D eigenvalue weighted by molar-refractivity contribution is 7.99. The maximum Gasteiger partial charge on any atom is 0.306 e. The minimum atomic E-state index is -0.485. The van der Waals surface area contributed by atoms with Gasteiger partial charge >= 0.3 is 5.97 Å². The topological polar surface area (TPSA) is 98.5 Å². The van der Waals surface area contributed by atoms with Gasteiger partial charge in [-0.05, 0) is 18.6 Å². The third kappa shape index (κ3) is 5.82. The van der Waals surface area contributed by atoms with Crippen molar-refractivity contribution in [3.63, 3.8) is 0 Å². The summed E-state index contributed by atoms with van der Waals surface area (Å²) >= 11 is 1.32. The molecule has 0 aliphatic rings. The predicted molar refractivity (Wildman–Crippen MR) is 80.4 cm³/mol. The van der Waals surface area contributed by atoms with Gasteiger partial charge in [-0.3, -0.25) is 19.7 Å². The molecule has 21 heavy (non-hydrogen) atoms. The molecule has 0 unspecified atom stereocenters. The first kappa shape index (κ1) is 17.0. The van der Waals surface area contributed by atoms with Gasteiger partial charge in [0.1, 0.15) is 0 Å². The number of thioether (sulfide) groups is 1. The minimum Gasteiger partial charge on any atom is -0.469 e. The van der Waals surface area contributed by atoms with E-state index in [0.29, 0.717) is 17.0 Å². The van der Waals surface area contributed by atoms with E-state index in [1.807, 2.05) is 0 Å². The van der Waals surface area contributed by atoms with Gasteiger partial charge in [0.05, 0.1) is 24.2 Å². The van der Waals surface area contributed by atoms with Crippen molar-refractivity contribution in [2.45, 2.75) is 13.3 Å². The molecule has 0 atom stereocenters. The number of carbonyl (C=O) groups excluding carboxylic acids is 2. The van der Waals surface area contributed by atoms with Crippen LogP contribution in [0.4, 0.5) is 11.4 Å². The van der Waals surface area contributed by atoms with E-state index in [9.17, 15) is 19.7 Å². The average molecular weight is 312 g/mol. The van der Waals surface area contributed by atoms with Crippen LogP contribution in [0.5, 0.6) is 0 Å². The zero-order valence-corrected chi connectivity index (χ0v) is 12.6. The second-order valence-corrected chi connectivity index (χ2v) is 5.29. The molecular formula is C13H16N2O5S. The highest BCUT2D eigenvalue weighted by Gasteiger charge is 2.10.